The molecule has 0 aliphatic carbocycles. The highest BCUT2D eigenvalue weighted by Crippen LogP contribution is 2.17. The summed E-state index contributed by atoms with van der Waals surface area (Å²) in [6, 6.07) is 0. The molecular weight excluding hydrogens is 233 g/mol. The highest BCUT2D eigenvalue weighted by molar-refractivity contribution is 7.99. The Labute approximate surface area is 93.8 Å². The van der Waals surface area contributed by atoms with Crippen LogP contribution in [0.2, 0.25) is 0 Å². The minimum absolute atomic E-state index is 0.255. The first-order chi connectivity index (χ1) is 7.15. The lowest BCUT2D eigenvalue weighted by Gasteiger charge is -2.09. The van der Waals surface area contributed by atoms with Crippen LogP contribution >= 0.6 is 20.5 Å². The fraction of sp³-hybridized carbons (Fsp3) is 0.625. The maximum atomic E-state index is 11.8. The topological polar surface area (TPSA) is 56.9 Å². The number of rotatable bonds is 4. The lowest BCUT2D eigenvalue weighted by atomic mass is 10.7. The van der Waals surface area contributed by atoms with Gasteiger partial charge >= 0.3 is 11.4 Å². The lowest BCUT2D eigenvalue weighted by molar-refractivity contribution is 0.598. The van der Waals surface area contributed by atoms with Gasteiger partial charge in [0.1, 0.15) is 0 Å². The van der Waals surface area contributed by atoms with Crippen molar-refractivity contribution in [2.75, 3.05) is 12.4 Å². The van der Waals surface area contributed by atoms with Crippen molar-refractivity contribution in [2.24, 2.45) is 0 Å². The van der Waals surface area contributed by atoms with E-state index in [9.17, 15) is 9.59 Å². The van der Waals surface area contributed by atoms with Gasteiger partial charge in [-0.15, -0.1) is 0 Å². The van der Waals surface area contributed by atoms with Crippen molar-refractivity contribution in [2.45, 2.75) is 25.5 Å². The van der Waals surface area contributed by atoms with Crippen molar-refractivity contribution < 1.29 is 0 Å². The molecule has 0 aliphatic rings. The predicted molar refractivity (Wildman–Crippen MR) is 64.5 cm³/mol. The Morgan fingerprint density at radius 2 is 2.07 bits per heavy atom. The second-order valence-corrected chi connectivity index (χ2v) is 4.82. The van der Waals surface area contributed by atoms with Gasteiger partial charge in [-0.2, -0.15) is 4.98 Å². The van der Waals surface area contributed by atoms with Gasteiger partial charge in [-0.1, -0.05) is 18.7 Å². The molecule has 1 atom stereocenters. The molecule has 15 heavy (non-hydrogen) atoms. The molecule has 1 heterocycles. The van der Waals surface area contributed by atoms with Crippen LogP contribution in [0.15, 0.2) is 14.7 Å². The van der Waals surface area contributed by atoms with Gasteiger partial charge in [-0.05, 0) is 28.1 Å². The Bertz CT molecular complexity index is 454. The quantitative estimate of drug-likeness (QED) is 0.578. The van der Waals surface area contributed by atoms with Gasteiger partial charge in [0.15, 0.2) is 5.16 Å². The van der Waals surface area contributed by atoms with E-state index in [1.54, 1.807) is 11.3 Å². The molecule has 0 amide bonds. The van der Waals surface area contributed by atoms with Crippen LogP contribution in [0.5, 0.6) is 0 Å². The van der Waals surface area contributed by atoms with E-state index >= 15 is 0 Å². The summed E-state index contributed by atoms with van der Waals surface area (Å²) in [5.74, 6) is 0.798. The number of nitrogens with zero attached hydrogens (tertiary/aromatic N) is 3. The van der Waals surface area contributed by atoms with Gasteiger partial charge in [0.25, 0.3) is 0 Å². The average Bonchev–Trinajstić information content (AvgIpc) is 2.19. The van der Waals surface area contributed by atoms with Crippen molar-refractivity contribution in [3.8, 4) is 0 Å². The number of thioether (sulfide) groups is 1. The van der Waals surface area contributed by atoms with E-state index in [0.717, 1.165) is 10.3 Å². The van der Waals surface area contributed by atoms with E-state index in [1.807, 2.05) is 13.6 Å². The molecule has 5 nitrogen and oxygen atoms in total. The van der Waals surface area contributed by atoms with Crippen LogP contribution < -0.4 is 11.4 Å². The molecule has 0 radical (unpaired) electrons. The van der Waals surface area contributed by atoms with E-state index in [-0.39, 0.29) is 5.69 Å². The third kappa shape index (κ3) is 2.49. The molecule has 1 unspecified atom stereocenters. The second kappa shape index (κ2) is 5.47. The summed E-state index contributed by atoms with van der Waals surface area (Å²) < 4.78 is 2.70. The lowest BCUT2D eigenvalue weighted by Crippen LogP contribution is -2.39. The number of hydrogen-bond acceptors (Lipinski definition) is 4. The number of hydrogen-bond donors (Lipinski definition) is 0. The van der Waals surface area contributed by atoms with Gasteiger partial charge in [0, 0.05) is 6.54 Å². The molecule has 0 aromatic carbocycles. The molecule has 0 fully saturated rings. The van der Waals surface area contributed by atoms with E-state index in [2.05, 4.69) is 4.98 Å². The maximum absolute atomic E-state index is 11.8. The molecule has 1 aromatic rings. The Morgan fingerprint density at radius 3 is 2.53 bits per heavy atom. The molecule has 0 saturated carbocycles. The fourth-order valence-corrected chi connectivity index (χ4v) is 2.79. The minimum Gasteiger partial charge on any atom is -0.254 e. The molecule has 1 aromatic heterocycles. The van der Waals surface area contributed by atoms with Gasteiger partial charge in [-0.3, -0.25) is 4.34 Å². The van der Waals surface area contributed by atoms with Crippen LogP contribution in [0.4, 0.5) is 0 Å². The van der Waals surface area contributed by atoms with Gasteiger partial charge in [-0.25, -0.2) is 14.2 Å². The molecule has 1 rings (SSSR count). The van der Waals surface area contributed by atoms with E-state index in [1.165, 1.54) is 11.8 Å². The van der Waals surface area contributed by atoms with Crippen LogP contribution in [0, 0.1) is 0 Å². The minimum atomic E-state index is -0.451. The van der Waals surface area contributed by atoms with Gasteiger partial charge in [0.2, 0.25) is 0 Å². The largest absolute Gasteiger partial charge is 0.354 e. The summed E-state index contributed by atoms with van der Waals surface area (Å²) in [4.78, 5) is 27.2. The predicted octanol–water partition coefficient (Wildman–Crippen LogP) is 0.608. The Kier molecular flexibility index (Phi) is 4.54. The molecular formula is C8H14N3O2PS. The fourth-order valence-electron chi connectivity index (χ4n) is 1.16. The smallest absolute Gasteiger partial charge is 0.254 e. The normalized spacial score (nSPS) is 11.4. The zero-order valence-electron chi connectivity index (χ0n) is 8.98. The summed E-state index contributed by atoms with van der Waals surface area (Å²) in [6.07, 6.45) is 0. The molecule has 0 aliphatic heterocycles. The third-order valence-electron chi connectivity index (χ3n) is 1.85. The summed E-state index contributed by atoms with van der Waals surface area (Å²) >= 11 is 1.42. The van der Waals surface area contributed by atoms with Crippen LogP contribution in [0.25, 0.3) is 0 Å². The highest BCUT2D eigenvalue weighted by atomic mass is 32.2. The monoisotopic (exact) mass is 247 g/mol. The van der Waals surface area contributed by atoms with Crippen LogP contribution in [0.3, 0.4) is 0 Å². The Balaban J connectivity index is 3.45. The average molecular weight is 247 g/mol. The molecule has 84 valence electrons. The molecule has 0 saturated heterocycles. The SMILES string of the molecule is CCSc1nc(=O)n(CC)c(=O)n1PC. The van der Waals surface area contributed by atoms with Crippen molar-refractivity contribution in [1.82, 2.24) is 13.9 Å². The van der Waals surface area contributed by atoms with Crippen LogP contribution in [-0.4, -0.2) is 26.3 Å². The van der Waals surface area contributed by atoms with Crippen LogP contribution in [0.1, 0.15) is 13.8 Å². The first-order valence-electron chi connectivity index (χ1n) is 4.70. The summed E-state index contributed by atoms with van der Waals surface area (Å²) in [5, 5.41) is 0.526. The Morgan fingerprint density at radius 1 is 1.40 bits per heavy atom. The molecule has 0 spiro atoms. The van der Waals surface area contributed by atoms with Crippen LogP contribution in [-0.2, 0) is 6.54 Å². The van der Waals surface area contributed by atoms with Crippen molar-refractivity contribution in [3.63, 3.8) is 0 Å². The first-order valence-corrected chi connectivity index (χ1v) is 7.13. The molecule has 0 N–H and O–H groups in total. The second-order valence-electron chi connectivity index (χ2n) is 2.70. The first kappa shape index (κ1) is 12.5. The number of aromatic nitrogens is 3. The summed E-state index contributed by atoms with van der Waals surface area (Å²) in [5.41, 5.74) is -0.706. The third-order valence-corrected chi connectivity index (χ3v) is 3.68. The zero-order chi connectivity index (χ0) is 11.4. The van der Waals surface area contributed by atoms with Gasteiger partial charge < -0.3 is 0 Å². The maximum Gasteiger partial charge on any atom is 0.354 e. The zero-order valence-corrected chi connectivity index (χ0v) is 10.8. The summed E-state index contributed by atoms with van der Waals surface area (Å²) in [7, 11) is 0.294. The van der Waals surface area contributed by atoms with Gasteiger partial charge in [0.05, 0.1) is 0 Å². The van der Waals surface area contributed by atoms with E-state index in [4.69, 9.17) is 0 Å². The van der Waals surface area contributed by atoms with Crippen molar-refractivity contribution in [3.05, 3.63) is 21.0 Å². The van der Waals surface area contributed by atoms with E-state index < -0.39 is 5.69 Å². The summed E-state index contributed by atoms with van der Waals surface area (Å²) in [6.45, 7) is 5.99. The molecule has 7 heteroatoms. The standard InChI is InChI=1S/C8H14N3O2PS/c1-4-10-6(12)9-7(15-5-2)11(14-3)8(10)13/h14H,4-5H2,1-3H3. The highest BCUT2D eigenvalue weighted by Gasteiger charge is 2.10. The Hall–Kier alpha value is -0.610. The van der Waals surface area contributed by atoms with Crippen molar-refractivity contribution >= 4 is 20.5 Å². The van der Waals surface area contributed by atoms with E-state index in [0.29, 0.717) is 20.4 Å². The molecule has 0 bridgehead atoms. The van der Waals surface area contributed by atoms with Crippen molar-refractivity contribution in [1.29, 1.82) is 0 Å².